The molecule has 0 bridgehead atoms. The second kappa shape index (κ2) is 9.65. The Bertz CT molecular complexity index is 818. The van der Waals surface area contributed by atoms with E-state index in [0.717, 1.165) is 38.3 Å². The molecule has 2 aliphatic rings. The van der Waals surface area contributed by atoms with Gasteiger partial charge in [-0.1, -0.05) is 44.2 Å². The summed E-state index contributed by atoms with van der Waals surface area (Å²) in [6, 6.07) is 19.8. The molecule has 0 aromatic heterocycles. The van der Waals surface area contributed by atoms with Gasteiger partial charge < -0.3 is 10.2 Å². The Morgan fingerprint density at radius 1 is 1.03 bits per heavy atom. The van der Waals surface area contributed by atoms with E-state index in [9.17, 15) is 4.79 Å². The van der Waals surface area contributed by atoms with E-state index in [1.165, 1.54) is 24.1 Å². The summed E-state index contributed by atoms with van der Waals surface area (Å²) >= 11 is 0. The van der Waals surface area contributed by atoms with Crippen molar-refractivity contribution in [3.63, 3.8) is 0 Å². The summed E-state index contributed by atoms with van der Waals surface area (Å²) in [5.74, 6) is 1.61. The standard InChI is InChI=1S/C26H35N3O/c1-20(2)17-22-19-28(16-14-25(22)27-23-7-4-3-5-8-23)18-21-10-12-24(13-11-21)29-15-6-9-26(29)30/h3-5,7-8,10-13,20,22,25,27H,6,9,14-19H2,1-2H3/t22-,25+/m0/s1. The summed E-state index contributed by atoms with van der Waals surface area (Å²) in [6.07, 6.45) is 4.08. The number of hydrogen-bond donors (Lipinski definition) is 1. The van der Waals surface area contributed by atoms with Crippen LogP contribution in [0.4, 0.5) is 11.4 Å². The topological polar surface area (TPSA) is 35.6 Å². The molecule has 2 aliphatic heterocycles. The van der Waals surface area contributed by atoms with Gasteiger partial charge in [-0.15, -0.1) is 0 Å². The summed E-state index contributed by atoms with van der Waals surface area (Å²) in [4.78, 5) is 16.5. The highest BCUT2D eigenvalue weighted by Crippen LogP contribution is 2.28. The Kier molecular flexibility index (Phi) is 6.73. The Labute approximate surface area is 181 Å². The van der Waals surface area contributed by atoms with Crippen molar-refractivity contribution in [1.82, 2.24) is 4.90 Å². The molecule has 2 aromatic rings. The molecular formula is C26H35N3O. The van der Waals surface area contributed by atoms with Crippen LogP contribution in [0.1, 0.15) is 45.1 Å². The van der Waals surface area contributed by atoms with Crippen LogP contribution in [0.2, 0.25) is 0 Å². The highest BCUT2D eigenvalue weighted by Gasteiger charge is 2.30. The minimum atomic E-state index is 0.257. The number of nitrogens with zero attached hydrogens (tertiary/aromatic N) is 2. The molecule has 0 aliphatic carbocycles. The zero-order valence-electron chi connectivity index (χ0n) is 18.4. The molecule has 160 valence electrons. The van der Waals surface area contributed by atoms with Crippen molar-refractivity contribution in [3.8, 4) is 0 Å². The molecule has 30 heavy (non-hydrogen) atoms. The molecule has 4 rings (SSSR count). The van der Waals surface area contributed by atoms with E-state index in [4.69, 9.17) is 0 Å². The lowest BCUT2D eigenvalue weighted by Crippen LogP contribution is -2.46. The maximum absolute atomic E-state index is 12.0. The first kappa shape index (κ1) is 20.9. The number of para-hydroxylation sites is 1. The molecule has 0 radical (unpaired) electrons. The number of benzene rings is 2. The SMILES string of the molecule is CC(C)C[C@H]1CN(Cc2ccc(N3CCCC3=O)cc2)CC[C@H]1Nc1ccccc1. The molecule has 2 atom stereocenters. The van der Waals surface area contributed by atoms with Crippen LogP contribution in [0.3, 0.4) is 0 Å². The van der Waals surface area contributed by atoms with Crippen molar-refractivity contribution in [2.45, 2.75) is 52.1 Å². The normalized spacial score (nSPS) is 22.6. The predicted molar refractivity (Wildman–Crippen MR) is 125 cm³/mol. The van der Waals surface area contributed by atoms with Crippen molar-refractivity contribution < 1.29 is 4.79 Å². The van der Waals surface area contributed by atoms with E-state index < -0.39 is 0 Å². The quantitative estimate of drug-likeness (QED) is 0.691. The summed E-state index contributed by atoms with van der Waals surface area (Å²) in [5.41, 5.74) is 3.62. The molecule has 0 unspecified atom stereocenters. The van der Waals surface area contributed by atoms with E-state index in [1.807, 2.05) is 4.90 Å². The minimum Gasteiger partial charge on any atom is -0.382 e. The first-order chi connectivity index (χ1) is 14.6. The van der Waals surface area contributed by atoms with Gasteiger partial charge in [-0.05, 0) is 60.9 Å². The third-order valence-corrected chi connectivity index (χ3v) is 6.45. The smallest absolute Gasteiger partial charge is 0.227 e. The molecule has 2 heterocycles. The number of anilines is 2. The first-order valence-corrected chi connectivity index (χ1v) is 11.5. The molecule has 2 fully saturated rings. The molecule has 1 amide bonds. The fourth-order valence-corrected chi connectivity index (χ4v) is 4.99. The van der Waals surface area contributed by atoms with Gasteiger partial charge in [0.1, 0.15) is 0 Å². The van der Waals surface area contributed by atoms with E-state index in [-0.39, 0.29) is 5.91 Å². The van der Waals surface area contributed by atoms with Gasteiger partial charge in [0, 0.05) is 50.0 Å². The van der Waals surface area contributed by atoms with Gasteiger partial charge in [0.05, 0.1) is 0 Å². The Morgan fingerprint density at radius 2 is 1.80 bits per heavy atom. The van der Waals surface area contributed by atoms with Crippen molar-refractivity contribution >= 4 is 17.3 Å². The maximum atomic E-state index is 12.0. The Hall–Kier alpha value is -2.33. The van der Waals surface area contributed by atoms with Gasteiger partial charge in [-0.25, -0.2) is 0 Å². The summed E-state index contributed by atoms with van der Waals surface area (Å²) in [6.45, 7) is 8.76. The molecule has 4 heteroatoms. The fraction of sp³-hybridized carbons (Fsp3) is 0.500. The average molecular weight is 406 g/mol. The lowest BCUT2D eigenvalue weighted by Gasteiger charge is -2.40. The van der Waals surface area contributed by atoms with E-state index >= 15 is 0 Å². The molecule has 2 aromatic carbocycles. The summed E-state index contributed by atoms with van der Waals surface area (Å²) < 4.78 is 0. The van der Waals surface area contributed by atoms with Crippen LogP contribution in [0.15, 0.2) is 54.6 Å². The number of piperidine rings is 1. The highest BCUT2D eigenvalue weighted by molar-refractivity contribution is 5.95. The molecule has 4 nitrogen and oxygen atoms in total. The number of likely N-dealkylation sites (tertiary alicyclic amines) is 1. The molecule has 0 spiro atoms. The van der Waals surface area contributed by atoms with Crippen molar-refractivity contribution in [2.24, 2.45) is 11.8 Å². The van der Waals surface area contributed by atoms with Crippen LogP contribution >= 0.6 is 0 Å². The highest BCUT2D eigenvalue weighted by atomic mass is 16.2. The molecule has 0 saturated carbocycles. The molecular weight excluding hydrogens is 370 g/mol. The van der Waals surface area contributed by atoms with Crippen LogP contribution in [0, 0.1) is 11.8 Å². The van der Waals surface area contributed by atoms with Gasteiger partial charge in [-0.2, -0.15) is 0 Å². The van der Waals surface area contributed by atoms with E-state index in [2.05, 4.69) is 78.7 Å². The molecule has 1 N–H and O–H groups in total. The number of carbonyl (C=O) groups is 1. The summed E-state index contributed by atoms with van der Waals surface area (Å²) in [5, 5.41) is 3.80. The van der Waals surface area contributed by atoms with Crippen LogP contribution in [0.25, 0.3) is 0 Å². The zero-order chi connectivity index (χ0) is 20.9. The van der Waals surface area contributed by atoms with Crippen molar-refractivity contribution in [2.75, 3.05) is 29.9 Å². The van der Waals surface area contributed by atoms with Crippen LogP contribution in [0.5, 0.6) is 0 Å². The van der Waals surface area contributed by atoms with Crippen molar-refractivity contribution in [1.29, 1.82) is 0 Å². The second-order valence-corrected chi connectivity index (χ2v) is 9.35. The van der Waals surface area contributed by atoms with Gasteiger partial charge in [0.25, 0.3) is 0 Å². The number of nitrogens with one attached hydrogen (secondary N) is 1. The van der Waals surface area contributed by atoms with Gasteiger partial charge in [-0.3, -0.25) is 9.69 Å². The van der Waals surface area contributed by atoms with Gasteiger partial charge in [0.15, 0.2) is 0 Å². The number of carbonyl (C=O) groups excluding carboxylic acids is 1. The second-order valence-electron chi connectivity index (χ2n) is 9.35. The van der Waals surface area contributed by atoms with Crippen LogP contribution in [-0.4, -0.2) is 36.5 Å². The van der Waals surface area contributed by atoms with Crippen LogP contribution in [-0.2, 0) is 11.3 Å². The number of amides is 1. The van der Waals surface area contributed by atoms with E-state index in [1.54, 1.807) is 0 Å². The number of rotatable bonds is 7. The van der Waals surface area contributed by atoms with E-state index in [0.29, 0.717) is 24.3 Å². The maximum Gasteiger partial charge on any atom is 0.227 e. The van der Waals surface area contributed by atoms with Gasteiger partial charge >= 0.3 is 0 Å². The molecule has 2 saturated heterocycles. The third-order valence-electron chi connectivity index (χ3n) is 6.45. The average Bonchev–Trinajstić information content (AvgIpc) is 3.17. The lowest BCUT2D eigenvalue weighted by atomic mass is 9.85. The van der Waals surface area contributed by atoms with Crippen LogP contribution < -0.4 is 10.2 Å². The fourth-order valence-electron chi connectivity index (χ4n) is 4.99. The Balaban J connectivity index is 1.37. The first-order valence-electron chi connectivity index (χ1n) is 11.5. The largest absolute Gasteiger partial charge is 0.382 e. The van der Waals surface area contributed by atoms with Gasteiger partial charge in [0.2, 0.25) is 5.91 Å². The predicted octanol–water partition coefficient (Wildman–Crippen LogP) is 5.16. The minimum absolute atomic E-state index is 0.257. The van der Waals surface area contributed by atoms with Crippen molar-refractivity contribution in [3.05, 3.63) is 60.2 Å². The summed E-state index contributed by atoms with van der Waals surface area (Å²) in [7, 11) is 0. The third kappa shape index (κ3) is 5.23. The number of hydrogen-bond acceptors (Lipinski definition) is 3. The zero-order valence-corrected chi connectivity index (χ0v) is 18.4. The lowest BCUT2D eigenvalue weighted by molar-refractivity contribution is -0.117. The Morgan fingerprint density at radius 3 is 2.47 bits per heavy atom. The monoisotopic (exact) mass is 405 g/mol.